The van der Waals surface area contributed by atoms with Crippen LogP contribution in [0.15, 0.2) is 77.9 Å². The minimum atomic E-state index is -1.79. The van der Waals surface area contributed by atoms with E-state index in [1.165, 1.54) is 0 Å². The van der Waals surface area contributed by atoms with Crippen LogP contribution in [0.2, 0.25) is 0 Å². The summed E-state index contributed by atoms with van der Waals surface area (Å²) in [5.74, 6) is -2.62. The summed E-state index contributed by atoms with van der Waals surface area (Å²) in [6, 6.07) is 18.0. The van der Waals surface area contributed by atoms with Gasteiger partial charge >= 0.3 is 5.97 Å². The number of rotatable bonds is 5. The molecule has 0 radical (unpaired) electrons. The van der Waals surface area contributed by atoms with Gasteiger partial charge < -0.3 is 20.1 Å². The van der Waals surface area contributed by atoms with Crippen LogP contribution < -0.4 is 0 Å². The Balaban J connectivity index is 1.28. The average Bonchev–Trinajstić information content (AvgIpc) is 3.33. The number of hydrogen-bond acceptors (Lipinski definition) is 6. The maximum atomic E-state index is 13.4. The van der Waals surface area contributed by atoms with E-state index in [9.17, 15) is 24.9 Å². The van der Waals surface area contributed by atoms with E-state index in [0.717, 1.165) is 16.7 Å². The summed E-state index contributed by atoms with van der Waals surface area (Å²) in [4.78, 5) is 26.5. The zero-order valence-electron chi connectivity index (χ0n) is 23.6. The molecule has 6 rings (SSSR count). The molecule has 0 heterocycles. The van der Waals surface area contributed by atoms with Crippen molar-refractivity contribution in [1.29, 1.82) is 0 Å². The molecule has 40 heavy (non-hydrogen) atoms. The number of fused-ring (bicyclic) bond motifs is 5. The van der Waals surface area contributed by atoms with Crippen LogP contribution in [-0.4, -0.2) is 50.5 Å². The molecule has 4 aliphatic rings. The van der Waals surface area contributed by atoms with Gasteiger partial charge in [0.25, 0.3) is 0 Å². The summed E-state index contributed by atoms with van der Waals surface area (Å²) in [7, 11) is 0. The number of ether oxygens (including phenoxy) is 1. The number of carbonyl (C=O) groups is 2. The van der Waals surface area contributed by atoms with Crippen molar-refractivity contribution >= 4 is 11.8 Å². The van der Waals surface area contributed by atoms with Gasteiger partial charge in [-0.3, -0.25) is 9.59 Å². The lowest BCUT2D eigenvalue weighted by molar-refractivity contribution is -0.186. The molecule has 2 aromatic carbocycles. The lowest BCUT2D eigenvalue weighted by Gasteiger charge is -2.50. The first-order valence-electron chi connectivity index (χ1n) is 14.2. The third kappa shape index (κ3) is 3.65. The minimum absolute atomic E-state index is 0.0225. The molecule has 0 saturated heterocycles. The number of benzene rings is 2. The van der Waals surface area contributed by atoms with Crippen LogP contribution >= 0.6 is 0 Å². The smallest absolute Gasteiger partial charge is 0.310 e. The van der Waals surface area contributed by atoms with Gasteiger partial charge in [0, 0.05) is 29.6 Å². The van der Waals surface area contributed by atoms with Gasteiger partial charge in [-0.15, -0.1) is 0 Å². The quantitative estimate of drug-likeness (QED) is 0.382. The highest BCUT2D eigenvalue weighted by Crippen LogP contribution is 2.76. The molecule has 0 aromatic heterocycles. The number of carbonyl (C=O) groups excluding carboxylic acids is 2. The van der Waals surface area contributed by atoms with E-state index in [0.29, 0.717) is 17.6 Å². The monoisotopic (exact) mass is 542 g/mol. The maximum absolute atomic E-state index is 13.4. The summed E-state index contributed by atoms with van der Waals surface area (Å²) < 4.78 is 6.35. The fraction of sp³-hybridized carbons (Fsp3) is 0.471. The Kier molecular flexibility index (Phi) is 6.08. The van der Waals surface area contributed by atoms with Crippen LogP contribution in [0.1, 0.15) is 46.1 Å². The van der Waals surface area contributed by atoms with Gasteiger partial charge in [-0.25, -0.2) is 0 Å². The number of esters is 1. The lowest BCUT2D eigenvalue weighted by atomic mass is 9.60. The molecule has 6 heteroatoms. The van der Waals surface area contributed by atoms with E-state index in [4.69, 9.17) is 4.74 Å². The van der Waals surface area contributed by atoms with Crippen molar-refractivity contribution in [2.75, 3.05) is 6.61 Å². The Labute approximate surface area is 235 Å². The standard InChI is InChI=1S/C34H38O6/c1-20-14-27-32(38,30(20)37)18-23(19-35)15-26-29-31(3,4)33(29,17-21(2)34(26,27)39)40-28(36)16-22-10-12-25(13-11-22)24-8-6-5-7-9-24/h5-15,21,26-27,29,35,38-39H,16-19H2,1-4H3/t21-,26+,27-,29-,32-,33+,34-/m1/s1. The Hall–Kier alpha value is -3.06. The number of aliphatic hydroxyl groups excluding tert-OH is 1. The van der Waals surface area contributed by atoms with Crippen LogP contribution in [0.5, 0.6) is 0 Å². The molecule has 210 valence electrons. The predicted octanol–water partition coefficient (Wildman–Crippen LogP) is 4.42. The molecule has 2 aromatic rings. The summed E-state index contributed by atoms with van der Waals surface area (Å²) in [6.45, 7) is 7.38. The summed E-state index contributed by atoms with van der Waals surface area (Å²) in [5.41, 5.74) is -0.434. The van der Waals surface area contributed by atoms with Crippen LogP contribution in [0.4, 0.5) is 0 Å². The molecule has 0 amide bonds. The van der Waals surface area contributed by atoms with Crippen molar-refractivity contribution in [1.82, 2.24) is 0 Å². The average molecular weight is 543 g/mol. The van der Waals surface area contributed by atoms with Crippen molar-refractivity contribution in [3.63, 3.8) is 0 Å². The molecule has 4 aliphatic carbocycles. The summed E-state index contributed by atoms with van der Waals surface area (Å²) >= 11 is 0. The third-order valence-electron chi connectivity index (χ3n) is 10.6. The van der Waals surface area contributed by atoms with Crippen molar-refractivity contribution < 1.29 is 29.6 Å². The maximum Gasteiger partial charge on any atom is 0.310 e. The van der Waals surface area contributed by atoms with Crippen LogP contribution in [0, 0.1) is 29.1 Å². The Morgan fingerprint density at radius 1 is 1.00 bits per heavy atom. The van der Waals surface area contributed by atoms with Crippen molar-refractivity contribution in [2.24, 2.45) is 29.1 Å². The number of Topliss-reactive ketones (excluding diaryl/α,β-unsaturated/α-hetero) is 1. The van der Waals surface area contributed by atoms with Crippen molar-refractivity contribution in [3.05, 3.63) is 83.5 Å². The first kappa shape index (κ1) is 27.1. The molecule has 0 aliphatic heterocycles. The van der Waals surface area contributed by atoms with E-state index < -0.39 is 39.8 Å². The molecule has 7 atom stereocenters. The Bertz CT molecular complexity index is 1420. The first-order chi connectivity index (χ1) is 18.9. The van der Waals surface area contributed by atoms with Gasteiger partial charge in [0.05, 0.1) is 18.6 Å². The predicted molar refractivity (Wildman–Crippen MR) is 151 cm³/mol. The molecule has 2 saturated carbocycles. The molecule has 6 nitrogen and oxygen atoms in total. The summed E-state index contributed by atoms with van der Waals surface area (Å²) in [6.07, 6.45) is 4.11. The fourth-order valence-electron chi connectivity index (χ4n) is 8.45. The summed E-state index contributed by atoms with van der Waals surface area (Å²) in [5, 5.41) is 34.2. The van der Waals surface area contributed by atoms with E-state index in [2.05, 4.69) is 13.8 Å². The second-order valence-electron chi connectivity index (χ2n) is 13.1. The zero-order chi connectivity index (χ0) is 28.7. The largest absolute Gasteiger partial charge is 0.458 e. The molecular weight excluding hydrogens is 504 g/mol. The third-order valence-corrected chi connectivity index (χ3v) is 10.6. The van der Waals surface area contributed by atoms with Crippen LogP contribution in [-0.2, 0) is 20.7 Å². The van der Waals surface area contributed by atoms with Gasteiger partial charge in [0.2, 0.25) is 0 Å². The minimum Gasteiger partial charge on any atom is -0.458 e. The molecule has 2 fully saturated rings. The van der Waals surface area contributed by atoms with Crippen molar-refractivity contribution in [3.8, 4) is 11.1 Å². The van der Waals surface area contributed by atoms with Crippen molar-refractivity contribution in [2.45, 2.75) is 63.8 Å². The highest BCUT2D eigenvalue weighted by molar-refractivity contribution is 6.04. The second kappa shape index (κ2) is 8.97. The molecule has 0 spiro atoms. The highest BCUT2D eigenvalue weighted by atomic mass is 16.6. The molecule has 0 bridgehead atoms. The van der Waals surface area contributed by atoms with E-state index in [1.54, 1.807) is 13.0 Å². The highest BCUT2D eigenvalue weighted by Gasteiger charge is 2.83. The van der Waals surface area contributed by atoms with E-state index in [1.807, 2.05) is 67.6 Å². The van der Waals surface area contributed by atoms with Gasteiger partial charge in [-0.05, 0) is 47.1 Å². The Morgan fingerprint density at radius 2 is 1.65 bits per heavy atom. The molecular formula is C34H38O6. The van der Waals surface area contributed by atoms with Gasteiger partial charge in [0.15, 0.2) is 5.78 Å². The van der Waals surface area contributed by atoms with Crippen LogP contribution in [0.3, 0.4) is 0 Å². The number of ketones is 1. The van der Waals surface area contributed by atoms with Gasteiger partial charge in [0.1, 0.15) is 11.2 Å². The van der Waals surface area contributed by atoms with Gasteiger partial charge in [-0.2, -0.15) is 0 Å². The molecule has 0 unspecified atom stereocenters. The molecule has 3 N–H and O–H groups in total. The first-order valence-corrected chi connectivity index (χ1v) is 14.2. The number of hydrogen-bond donors (Lipinski definition) is 3. The Morgan fingerprint density at radius 3 is 2.30 bits per heavy atom. The fourth-order valence-corrected chi connectivity index (χ4v) is 8.45. The van der Waals surface area contributed by atoms with Gasteiger partial charge in [-0.1, -0.05) is 87.5 Å². The van der Waals surface area contributed by atoms with E-state index >= 15 is 0 Å². The van der Waals surface area contributed by atoms with E-state index in [-0.39, 0.29) is 37.3 Å². The second-order valence-corrected chi connectivity index (χ2v) is 13.1. The SMILES string of the molecule is CC1=C[C@H]2[C@@]3(O)[C@H](C)C[C@]4(OC(=O)Cc5ccc(-c6ccccc6)cc5)[C@H]([C@@H]3C=C(CO)C[C@]2(O)C1=O)C4(C)C. The number of aliphatic hydroxyl groups is 3. The van der Waals surface area contributed by atoms with Crippen LogP contribution in [0.25, 0.3) is 11.1 Å². The zero-order valence-corrected chi connectivity index (χ0v) is 23.6. The lowest BCUT2D eigenvalue weighted by Crippen LogP contribution is -2.61. The topological polar surface area (TPSA) is 104 Å². The normalized spacial score (nSPS) is 37.3.